The van der Waals surface area contributed by atoms with Crippen LogP contribution in [0.4, 0.5) is 0 Å². The summed E-state index contributed by atoms with van der Waals surface area (Å²) >= 11 is 0. The molecule has 3 aliphatic rings. The van der Waals surface area contributed by atoms with Crippen molar-refractivity contribution < 1.29 is 0 Å². The second-order valence-corrected chi connectivity index (χ2v) is 8.40. The Morgan fingerprint density at radius 3 is 2.03 bits per heavy atom. The average Bonchev–Trinajstić information content (AvgIpc) is 2.74. The Labute approximate surface area is 182 Å². The van der Waals surface area contributed by atoms with Crippen LogP contribution in [0, 0.1) is 0 Å². The molecule has 0 aromatic heterocycles. The van der Waals surface area contributed by atoms with Crippen LogP contribution in [0.25, 0.3) is 0 Å². The highest BCUT2D eigenvalue weighted by molar-refractivity contribution is 5.80. The maximum Gasteiger partial charge on any atom is 0.150 e. The average molecular weight is 407 g/mol. The summed E-state index contributed by atoms with van der Waals surface area (Å²) in [5.41, 5.74) is 7.88. The van der Waals surface area contributed by atoms with Crippen LogP contribution in [0.2, 0.25) is 0 Å². The third kappa shape index (κ3) is 13.0. The van der Waals surface area contributed by atoms with Crippen molar-refractivity contribution in [1.29, 1.82) is 0 Å². The van der Waals surface area contributed by atoms with E-state index >= 15 is 0 Å². The fourth-order valence-corrected chi connectivity index (χ4v) is 3.84. The molecule has 29 heavy (non-hydrogen) atoms. The Kier molecular flexibility index (Phi) is 17.2. The van der Waals surface area contributed by atoms with Crippen LogP contribution in [0.15, 0.2) is 21.4 Å². The molecule has 4 nitrogen and oxygen atoms in total. The smallest absolute Gasteiger partial charge is 0.150 e. The number of aliphatic imine (C=N–C) groups is 2. The maximum atomic E-state index is 5.69. The molecule has 0 aromatic rings. The highest BCUT2D eigenvalue weighted by atomic mass is 15.2. The van der Waals surface area contributed by atoms with Crippen LogP contribution in [0.3, 0.4) is 0 Å². The van der Waals surface area contributed by atoms with Crippen molar-refractivity contribution >= 4 is 11.9 Å². The Bertz CT molecular complexity index is 461. The molecule has 1 unspecified atom stereocenters. The lowest BCUT2D eigenvalue weighted by Crippen LogP contribution is -2.40. The molecule has 1 saturated carbocycles. The lowest BCUT2D eigenvalue weighted by molar-refractivity contribution is 0.131. The molecule has 170 valence electrons. The first-order chi connectivity index (χ1) is 14.0. The minimum atomic E-state index is 0.0705. The van der Waals surface area contributed by atoms with Crippen LogP contribution in [-0.4, -0.2) is 42.0 Å². The van der Waals surface area contributed by atoms with E-state index in [1.165, 1.54) is 76.5 Å². The van der Waals surface area contributed by atoms with Gasteiger partial charge in [-0.05, 0) is 71.5 Å². The standard InChI is InChI=1S/C11H21N.C9H15N3.C3H8.C2H6/c1-3-7-11(8-4-1)12-9-5-2-6-10-12;1-6(2)12-9-7(3)4-8(10)5-11-9;1-3-2;1-2/h11H,1-10H2;5,8H,4,10H2,1-3H3;3H2,1-2H3;1-2H3. The molecule has 1 aliphatic carbocycles. The van der Waals surface area contributed by atoms with E-state index in [1.807, 2.05) is 34.6 Å². The Balaban J connectivity index is 0.000000444. The summed E-state index contributed by atoms with van der Waals surface area (Å²) in [6.45, 7) is 17.0. The van der Waals surface area contributed by atoms with Gasteiger partial charge in [-0.15, -0.1) is 0 Å². The van der Waals surface area contributed by atoms with Gasteiger partial charge in [0.15, 0.2) is 0 Å². The summed E-state index contributed by atoms with van der Waals surface area (Å²) in [4.78, 5) is 11.2. The zero-order valence-corrected chi connectivity index (χ0v) is 20.6. The van der Waals surface area contributed by atoms with E-state index in [9.17, 15) is 0 Å². The summed E-state index contributed by atoms with van der Waals surface area (Å²) in [6.07, 6.45) is 15.7. The Hall–Kier alpha value is -1.00. The SMILES string of the molecule is C1CCC(N2CCCCC2)CC1.CC.CC(C)=NC1=C(C)CC(N)C=N1.CCC. The summed E-state index contributed by atoms with van der Waals surface area (Å²) in [6, 6.07) is 1.04. The molecule has 2 heterocycles. The van der Waals surface area contributed by atoms with Crippen molar-refractivity contribution in [2.24, 2.45) is 15.7 Å². The number of rotatable bonds is 2. The van der Waals surface area contributed by atoms with Crippen molar-refractivity contribution in [2.75, 3.05) is 13.1 Å². The van der Waals surface area contributed by atoms with Gasteiger partial charge < -0.3 is 10.6 Å². The van der Waals surface area contributed by atoms with Gasteiger partial charge in [0.05, 0.1) is 0 Å². The van der Waals surface area contributed by atoms with E-state index in [0.29, 0.717) is 0 Å². The molecule has 1 saturated heterocycles. The predicted octanol–water partition coefficient (Wildman–Crippen LogP) is 6.75. The molecule has 0 spiro atoms. The van der Waals surface area contributed by atoms with Crippen LogP contribution in [0.1, 0.15) is 113 Å². The number of nitrogens with zero attached hydrogens (tertiary/aromatic N) is 3. The molecule has 1 atom stereocenters. The van der Waals surface area contributed by atoms with Gasteiger partial charge in [-0.2, -0.15) is 0 Å². The maximum absolute atomic E-state index is 5.69. The molecule has 2 fully saturated rings. The minimum absolute atomic E-state index is 0.0705. The number of hydrogen-bond donors (Lipinski definition) is 1. The van der Waals surface area contributed by atoms with Crippen LogP contribution in [0.5, 0.6) is 0 Å². The van der Waals surface area contributed by atoms with Gasteiger partial charge in [0.2, 0.25) is 0 Å². The van der Waals surface area contributed by atoms with E-state index in [-0.39, 0.29) is 6.04 Å². The minimum Gasteiger partial charge on any atom is -0.323 e. The van der Waals surface area contributed by atoms with Crippen molar-refractivity contribution in [1.82, 2.24) is 4.90 Å². The summed E-state index contributed by atoms with van der Waals surface area (Å²) in [5.74, 6) is 0.830. The lowest BCUT2D eigenvalue weighted by Gasteiger charge is -2.36. The first-order valence-electron chi connectivity index (χ1n) is 12.2. The molecule has 3 rings (SSSR count). The van der Waals surface area contributed by atoms with Crippen LogP contribution in [-0.2, 0) is 0 Å². The normalized spacial score (nSPS) is 22.3. The van der Waals surface area contributed by atoms with Gasteiger partial charge in [0.1, 0.15) is 5.82 Å². The molecule has 0 aromatic carbocycles. The molecule has 4 heteroatoms. The first kappa shape index (κ1) is 28.0. The Morgan fingerprint density at radius 2 is 1.55 bits per heavy atom. The summed E-state index contributed by atoms with van der Waals surface area (Å²) < 4.78 is 0. The van der Waals surface area contributed by atoms with Crippen molar-refractivity contribution in [2.45, 2.75) is 125 Å². The largest absolute Gasteiger partial charge is 0.323 e. The molecular weight excluding hydrogens is 356 g/mol. The number of nitrogens with two attached hydrogens (primary N) is 1. The van der Waals surface area contributed by atoms with Gasteiger partial charge in [-0.1, -0.05) is 59.8 Å². The van der Waals surface area contributed by atoms with Crippen molar-refractivity contribution in [3.8, 4) is 0 Å². The number of hydrogen-bond acceptors (Lipinski definition) is 4. The third-order valence-electron chi connectivity index (χ3n) is 5.12. The van der Waals surface area contributed by atoms with E-state index in [0.717, 1.165) is 24.0 Å². The van der Waals surface area contributed by atoms with Crippen molar-refractivity contribution in [3.63, 3.8) is 0 Å². The molecule has 2 aliphatic heterocycles. The van der Waals surface area contributed by atoms with Gasteiger partial charge in [0.25, 0.3) is 0 Å². The van der Waals surface area contributed by atoms with E-state index in [1.54, 1.807) is 6.21 Å². The quantitative estimate of drug-likeness (QED) is 0.516. The summed E-state index contributed by atoms with van der Waals surface area (Å²) in [7, 11) is 0. The highest BCUT2D eigenvalue weighted by Gasteiger charge is 2.21. The zero-order valence-electron chi connectivity index (χ0n) is 20.6. The lowest BCUT2D eigenvalue weighted by atomic mass is 9.93. The molecule has 0 amide bonds. The first-order valence-corrected chi connectivity index (χ1v) is 12.2. The van der Waals surface area contributed by atoms with Crippen LogP contribution < -0.4 is 5.73 Å². The van der Waals surface area contributed by atoms with Gasteiger partial charge in [-0.25, -0.2) is 9.98 Å². The van der Waals surface area contributed by atoms with Gasteiger partial charge in [0, 0.05) is 24.0 Å². The molecule has 2 N–H and O–H groups in total. The van der Waals surface area contributed by atoms with Gasteiger partial charge >= 0.3 is 0 Å². The van der Waals surface area contributed by atoms with E-state index in [2.05, 4.69) is 28.7 Å². The second-order valence-electron chi connectivity index (χ2n) is 8.40. The fraction of sp³-hybridized carbons (Fsp3) is 0.840. The second kappa shape index (κ2) is 17.8. The molecular formula is C25H50N4. The molecule has 0 bridgehead atoms. The zero-order chi connectivity index (χ0) is 22.1. The van der Waals surface area contributed by atoms with E-state index in [4.69, 9.17) is 5.73 Å². The highest BCUT2D eigenvalue weighted by Crippen LogP contribution is 2.24. The van der Waals surface area contributed by atoms with Crippen LogP contribution >= 0.6 is 0 Å². The topological polar surface area (TPSA) is 54.0 Å². The number of likely N-dealkylation sites (tertiary alicyclic amines) is 1. The Morgan fingerprint density at radius 1 is 1.03 bits per heavy atom. The predicted molar refractivity (Wildman–Crippen MR) is 132 cm³/mol. The van der Waals surface area contributed by atoms with Crippen molar-refractivity contribution in [3.05, 3.63) is 11.4 Å². The fourth-order valence-electron chi connectivity index (χ4n) is 3.84. The molecule has 0 radical (unpaired) electrons. The number of piperidine rings is 1. The summed E-state index contributed by atoms with van der Waals surface area (Å²) in [5, 5.41) is 0. The third-order valence-corrected chi connectivity index (χ3v) is 5.12. The monoisotopic (exact) mass is 406 g/mol. The van der Waals surface area contributed by atoms with Gasteiger partial charge in [-0.3, -0.25) is 0 Å². The van der Waals surface area contributed by atoms with E-state index < -0.39 is 0 Å².